The third-order valence-electron chi connectivity index (χ3n) is 2.73. The molecule has 0 aromatic carbocycles. The highest BCUT2D eigenvalue weighted by Crippen LogP contribution is 2.36. The van der Waals surface area contributed by atoms with Crippen molar-refractivity contribution < 1.29 is 0 Å². The number of hydrogen-bond donors (Lipinski definition) is 0. The summed E-state index contributed by atoms with van der Waals surface area (Å²) in [6, 6.07) is 0. The van der Waals surface area contributed by atoms with Gasteiger partial charge in [-0.25, -0.2) is 0 Å². The zero-order valence-corrected chi connectivity index (χ0v) is 5.84. The molecular weight excluding hydrogens is 108 g/mol. The van der Waals surface area contributed by atoms with Gasteiger partial charge in [0.05, 0.1) is 0 Å². The van der Waals surface area contributed by atoms with Gasteiger partial charge in [-0.1, -0.05) is 31.4 Å². The Bertz CT molecular complexity index is 110. The van der Waals surface area contributed by atoms with E-state index in [1.165, 1.54) is 32.1 Å². The molecule has 50 valence electrons. The maximum absolute atomic E-state index is 2.40. The number of hydrogen-bond acceptors (Lipinski definition) is 0. The van der Waals surface area contributed by atoms with Gasteiger partial charge in [-0.15, -0.1) is 0 Å². The van der Waals surface area contributed by atoms with Crippen molar-refractivity contribution in [1.82, 2.24) is 0 Å². The van der Waals surface area contributed by atoms with Crippen LogP contribution in [0.1, 0.15) is 32.1 Å². The molecule has 0 saturated heterocycles. The molecule has 0 nitrogen and oxygen atoms in total. The lowest BCUT2D eigenvalue weighted by Gasteiger charge is -2.26. The van der Waals surface area contributed by atoms with E-state index in [9.17, 15) is 0 Å². The number of allylic oxidation sites excluding steroid dienone is 2. The first kappa shape index (κ1) is 5.52. The Kier molecular flexibility index (Phi) is 1.33. The SMILES string of the molecule is C1=C[C@H]2CCCCC[C@@H]12. The zero-order valence-electron chi connectivity index (χ0n) is 5.84. The summed E-state index contributed by atoms with van der Waals surface area (Å²) in [4.78, 5) is 0. The fourth-order valence-electron chi connectivity index (χ4n) is 1.98. The minimum absolute atomic E-state index is 0.993. The van der Waals surface area contributed by atoms with Crippen LogP contribution < -0.4 is 0 Å². The minimum atomic E-state index is 0.993. The van der Waals surface area contributed by atoms with E-state index in [0.717, 1.165) is 11.8 Å². The summed E-state index contributed by atoms with van der Waals surface area (Å²) in [5.74, 6) is 1.99. The van der Waals surface area contributed by atoms with Crippen LogP contribution in [-0.2, 0) is 0 Å². The van der Waals surface area contributed by atoms with E-state index < -0.39 is 0 Å². The van der Waals surface area contributed by atoms with Crippen LogP contribution in [0.4, 0.5) is 0 Å². The molecule has 1 fully saturated rings. The van der Waals surface area contributed by atoms with Crippen LogP contribution in [-0.4, -0.2) is 0 Å². The molecule has 0 heterocycles. The molecule has 0 unspecified atom stereocenters. The van der Waals surface area contributed by atoms with Gasteiger partial charge in [0, 0.05) is 0 Å². The van der Waals surface area contributed by atoms with Crippen LogP contribution in [0.25, 0.3) is 0 Å². The molecule has 0 aromatic rings. The fraction of sp³-hybridized carbons (Fsp3) is 0.778. The van der Waals surface area contributed by atoms with Crippen LogP contribution in [0.5, 0.6) is 0 Å². The predicted molar refractivity (Wildman–Crippen MR) is 39.2 cm³/mol. The Morgan fingerprint density at radius 2 is 1.33 bits per heavy atom. The van der Waals surface area contributed by atoms with Gasteiger partial charge in [-0.05, 0) is 24.7 Å². The van der Waals surface area contributed by atoms with Gasteiger partial charge < -0.3 is 0 Å². The number of rotatable bonds is 0. The molecule has 0 spiro atoms. The zero-order chi connectivity index (χ0) is 6.10. The Balaban J connectivity index is 1.99. The summed E-state index contributed by atoms with van der Waals surface area (Å²) in [7, 11) is 0. The highest BCUT2D eigenvalue weighted by atomic mass is 14.3. The molecule has 2 aliphatic carbocycles. The summed E-state index contributed by atoms with van der Waals surface area (Å²) in [5.41, 5.74) is 0. The molecule has 0 N–H and O–H groups in total. The first-order valence-electron chi connectivity index (χ1n) is 4.15. The molecule has 9 heavy (non-hydrogen) atoms. The molecule has 0 aliphatic heterocycles. The fourth-order valence-corrected chi connectivity index (χ4v) is 1.98. The Labute approximate surface area is 57.0 Å². The van der Waals surface area contributed by atoms with Gasteiger partial charge in [0.15, 0.2) is 0 Å². The minimum Gasteiger partial charge on any atom is -0.0845 e. The molecule has 2 aliphatic rings. The van der Waals surface area contributed by atoms with Crippen molar-refractivity contribution in [3.05, 3.63) is 12.2 Å². The summed E-state index contributed by atoms with van der Waals surface area (Å²) >= 11 is 0. The van der Waals surface area contributed by atoms with E-state index in [1.54, 1.807) is 0 Å². The van der Waals surface area contributed by atoms with E-state index in [1.807, 2.05) is 0 Å². The third kappa shape index (κ3) is 0.910. The first-order chi connectivity index (χ1) is 4.47. The van der Waals surface area contributed by atoms with Crippen LogP contribution in [0.2, 0.25) is 0 Å². The third-order valence-corrected chi connectivity index (χ3v) is 2.73. The van der Waals surface area contributed by atoms with E-state index in [2.05, 4.69) is 12.2 Å². The largest absolute Gasteiger partial charge is 0.0845 e. The average Bonchev–Trinajstić information content (AvgIpc) is 1.94. The van der Waals surface area contributed by atoms with Gasteiger partial charge >= 0.3 is 0 Å². The molecule has 1 saturated carbocycles. The van der Waals surface area contributed by atoms with Crippen molar-refractivity contribution in [2.75, 3.05) is 0 Å². The quantitative estimate of drug-likeness (QED) is 0.433. The standard InChI is InChI=1S/C9H14/c1-2-4-8-6-7-9(8)5-3-1/h6-9H,1-5H2/t8-,9+. The summed E-state index contributed by atoms with van der Waals surface area (Å²) in [5, 5.41) is 0. The molecule has 2 atom stereocenters. The maximum Gasteiger partial charge on any atom is -0.0170 e. The van der Waals surface area contributed by atoms with E-state index >= 15 is 0 Å². The molecular formula is C9H14. The molecule has 0 bridgehead atoms. The Morgan fingerprint density at radius 1 is 0.778 bits per heavy atom. The molecule has 0 amide bonds. The summed E-state index contributed by atoms with van der Waals surface area (Å²) in [6.07, 6.45) is 12.2. The predicted octanol–water partition coefficient (Wildman–Crippen LogP) is 2.75. The van der Waals surface area contributed by atoms with Crippen molar-refractivity contribution in [2.24, 2.45) is 11.8 Å². The van der Waals surface area contributed by atoms with Crippen LogP contribution in [0, 0.1) is 11.8 Å². The van der Waals surface area contributed by atoms with Crippen molar-refractivity contribution in [2.45, 2.75) is 32.1 Å². The van der Waals surface area contributed by atoms with Crippen molar-refractivity contribution >= 4 is 0 Å². The Hall–Kier alpha value is -0.260. The second-order valence-electron chi connectivity index (χ2n) is 3.35. The monoisotopic (exact) mass is 122 g/mol. The molecule has 0 radical (unpaired) electrons. The van der Waals surface area contributed by atoms with Gasteiger partial charge in [0.25, 0.3) is 0 Å². The lowest BCUT2D eigenvalue weighted by atomic mass is 9.79. The first-order valence-corrected chi connectivity index (χ1v) is 4.15. The van der Waals surface area contributed by atoms with Gasteiger partial charge in [0.1, 0.15) is 0 Å². The van der Waals surface area contributed by atoms with E-state index in [4.69, 9.17) is 0 Å². The highest BCUT2D eigenvalue weighted by molar-refractivity contribution is 5.09. The smallest absolute Gasteiger partial charge is 0.0170 e. The second-order valence-corrected chi connectivity index (χ2v) is 3.35. The van der Waals surface area contributed by atoms with Crippen molar-refractivity contribution in [1.29, 1.82) is 0 Å². The average molecular weight is 122 g/mol. The normalized spacial score (nSPS) is 40.9. The highest BCUT2D eigenvalue weighted by Gasteiger charge is 2.24. The van der Waals surface area contributed by atoms with Gasteiger partial charge in [-0.3, -0.25) is 0 Å². The van der Waals surface area contributed by atoms with Crippen molar-refractivity contribution in [3.8, 4) is 0 Å². The summed E-state index contributed by atoms with van der Waals surface area (Å²) < 4.78 is 0. The van der Waals surface area contributed by atoms with Crippen LogP contribution in [0.15, 0.2) is 12.2 Å². The van der Waals surface area contributed by atoms with Gasteiger partial charge in [-0.2, -0.15) is 0 Å². The van der Waals surface area contributed by atoms with E-state index in [-0.39, 0.29) is 0 Å². The lowest BCUT2D eigenvalue weighted by molar-refractivity contribution is 0.403. The molecule has 2 rings (SSSR count). The van der Waals surface area contributed by atoms with Crippen molar-refractivity contribution in [3.63, 3.8) is 0 Å². The molecule has 0 aromatic heterocycles. The number of fused-ring (bicyclic) bond motifs is 1. The molecule has 0 heteroatoms. The van der Waals surface area contributed by atoms with Crippen LogP contribution in [0.3, 0.4) is 0 Å². The summed E-state index contributed by atoms with van der Waals surface area (Å²) in [6.45, 7) is 0. The Morgan fingerprint density at radius 3 is 1.78 bits per heavy atom. The van der Waals surface area contributed by atoms with Crippen LogP contribution >= 0.6 is 0 Å². The van der Waals surface area contributed by atoms with E-state index in [0.29, 0.717) is 0 Å². The van der Waals surface area contributed by atoms with Gasteiger partial charge in [0.2, 0.25) is 0 Å². The topological polar surface area (TPSA) is 0 Å². The maximum atomic E-state index is 2.40. The second kappa shape index (κ2) is 2.17. The lowest BCUT2D eigenvalue weighted by Crippen LogP contribution is -2.16.